The van der Waals surface area contributed by atoms with Gasteiger partial charge in [-0.1, -0.05) is 30.3 Å². The van der Waals surface area contributed by atoms with Crippen molar-refractivity contribution in [1.29, 1.82) is 0 Å². The number of carbonyl (C=O) groups is 1. The first-order valence-electron chi connectivity index (χ1n) is 9.98. The molecule has 0 aliphatic carbocycles. The third kappa shape index (κ3) is 4.22. The summed E-state index contributed by atoms with van der Waals surface area (Å²) in [5.74, 6) is -0.0323. The second kappa shape index (κ2) is 7.82. The fourth-order valence-electron chi connectivity index (χ4n) is 4.26. The molecule has 3 heterocycles. The number of amides is 1. The van der Waals surface area contributed by atoms with Crippen LogP contribution in [0.2, 0.25) is 0 Å². The van der Waals surface area contributed by atoms with Crippen LogP contribution < -0.4 is 0 Å². The Morgan fingerprint density at radius 3 is 2.63 bits per heavy atom. The van der Waals surface area contributed by atoms with Crippen molar-refractivity contribution in [2.24, 2.45) is 0 Å². The Morgan fingerprint density at radius 2 is 1.85 bits per heavy atom. The minimum atomic E-state index is -0.678. The number of rotatable bonds is 4. The van der Waals surface area contributed by atoms with E-state index < -0.39 is 5.60 Å². The van der Waals surface area contributed by atoms with Crippen molar-refractivity contribution >= 4 is 5.91 Å². The predicted molar refractivity (Wildman–Crippen MR) is 104 cm³/mol. The number of nitrogens with zero attached hydrogens (tertiary/aromatic N) is 3. The molecule has 4 rings (SSSR count). The van der Waals surface area contributed by atoms with E-state index in [4.69, 9.17) is 0 Å². The summed E-state index contributed by atoms with van der Waals surface area (Å²) in [7, 11) is 0. The molecule has 2 aliphatic rings. The molecule has 0 unspecified atom stereocenters. The number of hydrogen-bond acceptors (Lipinski definition) is 4. The van der Waals surface area contributed by atoms with Crippen molar-refractivity contribution in [2.45, 2.75) is 37.7 Å². The van der Waals surface area contributed by atoms with Gasteiger partial charge in [-0.2, -0.15) is 5.10 Å². The first-order valence-corrected chi connectivity index (χ1v) is 9.98. The molecular formula is C21H28N4O2. The van der Waals surface area contributed by atoms with Gasteiger partial charge < -0.3 is 14.9 Å². The van der Waals surface area contributed by atoms with Crippen LogP contribution in [0.5, 0.6) is 0 Å². The van der Waals surface area contributed by atoms with E-state index in [2.05, 4.69) is 15.1 Å². The zero-order valence-corrected chi connectivity index (χ0v) is 15.7. The number of benzene rings is 1. The monoisotopic (exact) mass is 368 g/mol. The highest BCUT2D eigenvalue weighted by Crippen LogP contribution is 2.26. The number of aromatic amines is 1. The molecule has 0 bridgehead atoms. The van der Waals surface area contributed by atoms with Gasteiger partial charge in [-0.25, -0.2) is 0 Å². The number of hydrogen-bond donors (Lipinski definition) is 2. The topological polar surface area (TPSA) is 72.5 Å². The number of carbonyl (C=O) groups excluding carboxylic acids is 1. The molecule has 2 N–H and O–H groups in total. The Hall–Kier alpha value is -2.18. The lowest BCUT2D eigenvalue weighted by Crippen LogP contribution is -2.43. The fourth-order valence-corrected chi connectivity index (χ4v) is 4.26. The molecule has 1 aromatic heterocycles. The number of aromatic nitrogens is 2. The summed E-state index contributed by atoms with van der Waals surface area (Å²) in [6, 6.07) is 11.7. The largest absolute Gasteiger partial charge is 0.388 e. The highest BCUT2D eigenvalue weighted by Gasteiger charge is 2.34. The SMILES string of the molecule is O=C(c1cc(-c2ccccc2)n[nH]1)N1CCC[C@](O)(CN2CCCC2)CC1. The zero-order valence-electron chi connectivity index (χ0n) is 15.7. The standard InChI is InChI=1S/C21H28N4O2/c26-20(19-15-18(22-23-19)17-7-2-1-3-8-17)25-13-6-9-21(27,10-14-25)16-24-11-4-5-12-24/h1-3,7-8,15,27H,4-6,9-14,16H2,(H,22,23)/t21-/m1/s1. The molecule has 1 amide bonds. The van der Waals surface area contributed by atoms with Gasteiger partial charge >= 0.3 is 0 Å². The van der Waals surface area contributed by atoms with Crippen LogP contribution in [0.3, 0.4) is 0 Å². The summed E-state index contributed by atoms with van der Waals surface area (Å²) in [6.45, 7) is 4.17. The van der Waals surface area contributed by atoms with Crippen LogP contribution >= 0.6 is 0 Å². The summed E-state index contributed by atoms with van der Waals surface area (Å²) in [6.07, 6.45) is 4.67. The molecular weight excluding hydrogens is 340 g/mol. The Balaban J connectivity index is 1.40. The first-order chi connectivity index (χ1) is 13.1. The smallest absolute Gasteiger partial charge is 0.271 e. The fraction of sp³-hybridized carbons (Fsp3) is 0.524. The Labute approximate surface area is 160 Å². The lowest BCUT2D eigenvalue weighted by Gasteiger charge is -2.31. The van der Waals surface area contributed by atoms with E-state index in [1.54, 1.807) is 0 Å². The van der Waals surface area contributed by atoms with E-state index >= 15 is 0 Å². The molecule has 2 aliphatic heterocycles. The summed E-state index contributed by atoms with van der Waals surface area (Å²) in [5, 5.41) is 18.2. The van der Waals surface area contributed by atoms with E-state index in [1.165, 1.54) is 12.8 Å². The highest BCUT2D eigenvalue weighted by atomic mass is 16.3. The maximum Gasteiger partial charge on any atom is 0.271 e. The maximum absolute atomic E-state index is 12.9. The van der Waals surface area contributed by atoms with Gasteiger partial charge in [0.25, 0.3) is 5.91 Å². The van der Waals surface area contributed by atoms with Crippen molar-refractivity contribution in [3.63, 3.8) is 0 Å². The van der Waals surface area contributed by atoms with Gasteiger partial charge in [0.15, 0.2) is 0 Å². The molecule has 2 fully saturated rings. The van der Waals surface area contributed by atoms with Crippen molar-refractivity contribution < 1.29 is 9.90 Å². The van der Waals surface area contributed by atoms with Gasteiger partial charge in [0, 0.05) is 25.2 Å². The quantitative estimate of drug-likeness (QED) is 0.870. The van der Waals surface area contributed by atoms with Gasteiger partial charge in [-0.3, -0.25) is 9.89 Å². The van der Waals surface area contributed by atoms with Gasteiger partial charge in [-0.05, 0) is 51.3 Å². The van der Waals surface area contributed by atoms with Crippen LogP contribution in [0.15, 0.2) is 36.4 Å². The number of β-amino-alcohol motifs (C(OH)–C–C–N with tert-alkyl or cyclic N) is 1. The minimum absolute atomic E-state index is 0.0323. The van der Waals surface area contributed by atoms with Crippen LogP contribution in [0, 0.1) is 0 Å². The summed E-state index contributed by atoms with van der Waals surface area (Å²) in [5.41, 5.74) is 1.60. The zero-order chi connectivity index (χ0) is 18.7. The molecule has 0 radical (unpaired) electrons. The van der Waals surface area contributed by atoms with E-state index in [0.717, 1.165) is 43.7 Å². The van der Waals surface area contributed by atoms with E-state index in [0.29, 0.717) is 25.2 Å². The third-order valence-electron chi connectivity index (χ3n) is 5.80. The van der Waals surface area contributed by atoms with Crippen LogP contribution in [-0.4, -0.2) is 69.3 Å². The van der Waals surface area contributed by atoms with Crippen molar-refractivity contribution in [1.82, 2.24) is 20.0 Å². The van der Waals surface area contributed by atoms with Gasteiger partial charge in [-0.15, -0.1) is 0 Å². The third-order valence-corrected chi connectivity index (χ3v) is 5.80. The van der Waals surface area contributed by atoms with E-state index in [9.17, 15) is 9.90 Å². The molecule has 27 heavy (non-hydrogen) atoms. The lowest BCUT2D eigenvalue weighted by atomic mass is 9.94. The van der Waals surface area contributed by atoms with Crippen LogP contribution in [-0.2, 0) is 0 Å². The average Bonchev–Trinajstić information content (AvgIpc) is 3.33. The number of H-pyrrole nitrogens is 1. The Bertz CT molecular complexity index is 769. The van der Waals surface area contributed by atoms with Crippen molar-refractivity contribution in [3.05, 3.63) is 42.1 Å². The summed E-state index contributed by atoms with van der Waals surface area (Å²) in [4.78, 5) is 17.1. The molecule has 144 valence electrons. The molecule has 2 aromatic rings. The normalized spacial score (nSPS) is 24.1. The molecule has 6 nitrogen and oxygen atoms in total. The maximum atomic E-state index is 12.9. The Morgan fingerprint density at radius 1 is 1.07 bits per heavy atom. The van der Waals surface area contributed by atoms with Gasteiger partial charge in [0.1, 0.15) is 5.69 Å². The number of aliphatic hydroxyl groups is 1. The van der Waals surface area contributed by atoms with Crippen LogP contribution in [0.1, 0.15) is 42.6 Å². The van der Waals surface area contributed by atoms with Crippen molar-refractivity contribution in [2.75, 3.05) is 32.7 Å². The van der Waals surface area contributed by atoms with E-state index in [1.807, 2.05) is 41.3 Å². The summed E-state index contributed by atoms with van der Waals surface area (Å²) >= 11 is 0. The minimum Gasteiger partial charge on any atom is -0.388 e. The lowest BCUT2D eigenvalue weighted by molar-refractivity contribution is -0.00291. The van der Waals surface area contributed by atoms with Gasteiger partial charge in [0.2, 0.25) is 0 Å². The number of likely N-dealkylation sites (tertiary alicyclic amines) is 2. The molecule has 0 saturated carbocycles. The van der Waals surface area contributed by atoms with E-state index in [-0.39, 0.29) is 5.91 Å². The highest BCUT2D eigenvalue weighted by molar-refractivity contribution is 5.93. The summed E-state index contributed by atoms with van der Waals surface area (Å²) < 4.78 is 0. The predicted octanol–water partition coefficient (Wildman–Crippen LogP) is 2.53. The second-order valence-corrected chi connectivity index (χ2v) is 7.89. The average molecular weight is 368 g/mol. The van der Waals surface area contributed by atoms with Crippen molar-refractivity contribution in [3.8, 4) is 11.3 Å². The van der Waals surface area contributed by atoms with Crippen LogP contribution in [0.4, 0.5) is 0 Å². The molecule has 6 heteroatoms. The second-order valence-electron chi connectivity index (χ2n) is 7.89. The Kier molecular flexibility index (Phi) is 5.27. The van der Waals surface area contributed by atoms with Gasteiger partial charge in [0.05, 0.1) is 11.3 Å². The molecule has 2 saturated heterocycles. The molecule has 1 atom stereocenters. The first kappa shape index (κ1) is 18.2. The molecule has 1 aromatic carbocycles. The molecule has 0 spiro atoms. The number of nitrogens with one attached hydrogen (secondary N) is 1. The van der Waals surface area contributed by atoms with Crippen LogP contribution in [0.25, 0.3) is 11.3 Å².